The molecule has 21 heavy (non-hydrogen) atoms. The van der Waals surface area contributed by atoms with Crippen LogP contribution in [0.2, 0.25) is 0 Å². The van der Waals surface area contributed by atoms with E-state index in [0.29, 0.717) is 23.5 Å². The summed E-state index contributed by atoms with van der Waals surface area (Å²) in [6.45, 7) is 0.610. The maximum Gasteiger partial charge on any atom is 0.225 e. The van der Waals surface area contributed by atoms with Crippen molar-refractivity contribution in [1.29, 1.82) is 0 Å². The topological polar surface area (TPSA) is 71.9 Å². The lowest BCUT2D eigenvalue weighted by Gasteiger charge is -2.17. The van der Waals surface area contributed by atoms with E-state index >= 15 is 0 Å². The smallest absolute Gasteiger partial charge is 0.225 e. The third-order valence-corrected chi connectivity index (χ3v) is 5.07. The van der Waals surface area contributed by atoms with Crippen LogP contribution < -0.4 is 5.32 Å². The molecule has 3 aliphatic rings. The molecule has 4 rings (SSSR count). The van der Waals surface area contributed by atoms with E-state index in [1.807, 2.05) is 0 Å². The lowest BCUT2D eigenvalue weighted by Crippen LogP contribution is -2.37. The normalized spacial score (nSPS) is 30.8. The molecule has 2 bridgehead atoms. The molecular formula is C14H20N4O2S. The van der Waals surface area contributed by atoms with Crippen molar-refractivity contribution in [2.45, 2.75) is 56.8 Å². The van der Waals surface area contributed by atoms with Gasteiger partial charge in [0, 0.05) is 19.0 Å². The number of hydrogen-bond donors (Lipinski definition) is 2. The van der Waals surface area contributed by atoms with E-state index in [1.54, 1.807) is 0 Å². The second-order valence-electron chi connectivity index (χ2n) is 6.30. The number of amides is 1. The molecule has 3 fully saturated rings. The Hall–Kier alpha value is -1.21. The minimum Gasteiger partial charge on any atom is -0.374 e. The van der Waals surface area contributed by atoms with Gasteiger partial charge in [-0.05, 0) is 44.3 Å². The second-order valence-corrected chi connectivity index (χ2v) is 6.69. The third-order valence-electron chi connectivity index (χ3n) is 4.78. The van der Waals surface area contributed by atoms with Crippen LogP contribution in [0.3, 0.4) is 0 Å². The quantitative estimate of drug-likeness (QED) is 0.809. The first-order chi connectivity index (χ1) is 10.2. The molecule has 3 atom stereocenters. The summed E-state index contributed by atoms with van der Waals surface area (Å²) in [5.74, 6) is 1.13. The highest BCUT2D eigenvalue weighted by Crippen LogP contribution is 2.38. The Morgan fingerprint density at radius 1 is 1.43 bits per heavy atom. The number of hydrogen-bond acceptors (Lipinski definition) is 4. The molecule has 1 saturated carbocycles. The number of carbonyl (C=O) groups excluding carboxylic acids is 1. The number of aromatic nitrogens is 3. The summed E-state index contributed by atoms with van der Waals surface area (Å²) in [4.78, 5) is 12.2. The van der Waals surface area contributed by atoms with E-state index in [2.05, 4.69) is 20.1 Å². The highest BCUT2D eigenvalue weighted by Gasteiger charge is 2.44. The minimum atomic E-state index is 0.0491. The number of aromatic amines is 1. The van der Waals surface area contributed by atoms with Crippen LogP contribution in [0.4, 0.5) is 0 Å². The number of nitrogens with one attached hydrogen (secondary N) is 2. The molecule has 0 aromatic carbocycles. The van der Waals surface area contributed by atoms with E-state index < -0.39 is 0 Å². The summed E-state index contributed by atoms with van der Waals surface area (Å²) in [6, 6.07) is 0.515. The van der Waals surface area contributed by atoms with Crippen molar-refractivity contribution in [3.8, 4) is 0 Å². The lowest BCUT2D eigenvalue weighted by atomic mass is 9.88. The zero-order valence-corrected chi connectivity index (χ0v) is 12.7. The maximum atomic E-state index is 12.2. The van der Waals surface area contributed by atoms with Crippen molar-refractivity contribution in [3.05, 3.63) is 10.6 Å². The molecule has 2 saturated heterocycles. The Bertz CT molecular complexity index is 606. The van der Waals surface area contributed by atoms with E-state index in [-0.39, 0.29) is 17.9 Å². The molecule has 0 unspecified atom stereocenters. The zero-order chi connectivity index (χ0) is 14.4. The van der Waals surface area contributed by atoms with Gasteiger partial charge >= 0.3 is 0 Å². The number of rotatable bonds is 5. The van der Waals surface area contributed by atoms with E-state index in [9.17, 15) is 4.79 Å². The number of carbonyl (C=O) groups is 1. The molecule has 2 aliphatic heterocycles. The third kappa shape index (κ3) is 2.53. The molecule has 6 nitrogen and oxygen atoms in total. The molecule has 0 spiro atoms. The van der Waals surface area contributed by atoms with Crippen LogP contribution in [0.5, 0.6) is 0 Å². The van der Waals surface area contributed by atoms with Gasteiger partial charge in [0.2, 0.25) is 5.91 Å². The first kappa shape index (κ1) is 13.5. The molecule has 1 aromatic rings. The van der Waals surface area contributed by atoms with Crippen molar-refractivity contribution in [2.75, 3.05) is 6.54 Å². The summed E-state index contributed by atoms with van der Waals surface area (Å²) in [5.41, 5.74) is 0. The van der Waals surface area contributed by atoms with Crippen LogP contribution in [-0.2, 0) is 16.0 Å². The summed E-state index contributed by atoms with van der Waals surface area (Å²) in [6.07, 6.45) is 6.57. The summed E-state index contributed by atoms with van der Waals surface area (Å²) < 4.78 is 8.53. The number of nitrogens with zero attached hydrogens (tertiary/aromatic N) is 2. The minimum absolute atomic E-state index is 0.0491. The van der Waals surface area contributed by atoms with Crippen LogP contribution in [-0.4, -0.2) is 39.4 Å². The van der Waals surface area contributed by atoms with Crippen molar-refractivity contribution in [2.24, 2.45) is 5.92 Å². The zero-order valence-electron chi connectivity index (χ0n) is 11.9. The average Bonchev–Trinajstić information content (AvgIpc) is 2.93. The maximum absolute atomic E-state index is 12.2. The van der Waals surface area contributed by atoms with Gasteiger partial charge in [-0.15, -0.1) is 0 Å². The summed E-state index contributed by atoms with van der Waals surface area (Å²) in [7, 11) is 0. The largest absolute Gasteiger partial charge is 0.374 e. The predicted octanol–water partition coefficient (Wildman–Crippen LogP) is 1.50. The van der Waals surface area contributed by atoms with Crippen LogP contribution in [0.1, 0.15) is 44.0 Å². The first-order valence-electron chi connectivity index (χ1n) is 7.81. The van der Waals surface area contributed by atoms with Gasteiger partial charge in [0.1, 0.15) is 5.82 Å². The highest BCUT2D eigenvalue weighted by molar-refractivity contribution is 7.71. The van der Waals surface area contributed by atoms with E-state index in [1.165, 1.54) is 12.8 Å². The molecule has 1 aromatic heterocycles. The Kier molecular flexibility index (Phi) is 3.34. The fourth-order valence-corrected chi connectivity index (χ4v) is 3.87. The molecule has 1 amide bonds. The van der Waals surface area contributed by atoms with Gasteiger partial charge in [-0.1, -0.05) is 0 Å². The van der Waals surface area contributed by atoms with Crippen LogP contribution in [0.25, 0.3) is 0 Å². The van der Waals surface area contributed by atoms with Crippen LogP contribution >= 0.6 is 12.2 Å². The Morgan fingerprint density at radius 3 is 2.95 bits per heavy atom. The van der Waals surface area contributed by atoms with Gasteiger partial charge in [0.25, 0.3) is 0 Å². The Labute approximate surface area is 128 Å². The van der Waals surface area contributed by atoms with Crippen molar-refractivity contribution in [3.63, 3.8) is 0 Å². The molecule has 0 radical (unpaired) electrons. The molecule has 7 heteroatoms. The summed E-state index contributed by atoms with van der Waals surface area (Å²) >= 11 is 5.26. The molecular weight excluding hydrogens is 288 g/mol. The van der Waals surface area contributed by atoms with E-state index in [0.717, 1.165) is 31.5 Å². The Balaban J connectivity index is 1.31. The molecule has 114 valence electrons. The van der Waals surface area contributed by atoms with Gasteiger partial charge in [-0.3, -0.25) is 9.89 Å². The molecule has 3 heterocycles. The Morgan fingerprint density at radius 2 is 2.29 bits per heavy atom. The number of fused-ring (bicyclic) bond motifs is 2. The standard InChI is InChI=1S/C14H20N4O2S/c19-13(10-7-9-3-4-11(10)20-9)15-6-5-12-16-17-14(21)18(12)8-1-2-8/h8-11H,1-7H2,(H,15,19)(H,17,21)/t9-,10+,11-/m1/s1. The predicted molar refractivity (Wildman–Crippen MR) is 78.4 cm³/mol. The van der Waals surface area contributed by atoms with Crippen molar-refractivity contribution >= 4 is 18.1 Å². The van der Waals surface area contributed by atoms with Gasteiger partial charge < -0.3 is 14.6 Å². The fraction of sp³-hybridized carbons (Fsp3) is 0.786. The number of H-pyrrole nitrogens is 1. The highest BCUT2D eigenvalue weighted by atomic mass is 32.1. The second kappa shape index (κ2) is 5.21. The van der Waals surface area contributed by atoms with Crippen molar-refractivity contribution < 1.29 is 9.53 Å². The average molecular weight is 308 g/mol. The van der Waals surface area contributed by atoms with Gasteiger partial charge in [-0.25, -0.2) is 0 Å². The van der Waals surface area contributed by atoms with E-state index in [4.69, 9.17) is 17.0 Å². The fourth-order valence-electron chi connectivity index (χ4n) is 3.57. The molecule has 2 N–H and O–H groups in total. The summed E-state index contributed by atoms with van der Waals surface area (Å²) in [5, 5.41) is 10.2. The SMILES string of the molecule is O=C(NCCc1n[nH]c(=S)n1C1CC1)[C@H]1C[C@H]2CC[C@H]1O2. The van der Waals surface area contributed by atoms with Gasteiger partial charge in [0.15, 0.2) is 4.77 Å². The lowest BCUT2D eigenvalue weighted by molar-refractivity contribution is -0.126. The van der Waals surface area contributed by atoms with Crippen molar-refractivity contribution in [1.82, 2.24) is 20.1 Å². The van der Waals surface area contributed by atoms with Crippen LogP contribution in [0.15, 0.2) is 0 Å². The number of ether oxygens (including phenoxy) is 1. The van der Waals surface area contributed by atoms with Gasteiger partial charge in [-0.2, -0.15) is 5.10 Å². The first-order valence-corrected chi connectivity index (χ1v) is 8.22. The monoisotopic (exact) mass is 308 g/mol. The van der Waals surface area contributed by atoms with Crippen LogP contribution in [0, 0.1) is 10.7 Å². The van der Waals surface area contributed by atoms with Gasteiger partial charge in [0.05, 0.1) is 18.1 Å². The molecule has 1 aliphatic carbocycles.